The molecule has 9 nitrogen and oxygen atoms in total. The zero-order valence-electron chi connectivity index (χ0n) is 16.0. The van der Waals surface area contributed by atoms with Gasteiger partial charge in [-0.15, -0.1) is 0 Å². The quantitative estimate of drug-likeness (QED) is 0.521. The predicted molar refractivity (Wildman–Crippen MR) is 92.9 cm³/mol. The molecule has 1 saturated heterocycles. The summed E-state index contributed by atoms with van der Waals surface area (Å²) in [5.41, 5.74) is -1.23. The van der Waals surface area contributed by atoms with E-state index in [4.69, 9.17) is 23.7 Å². The van der Waals surface area contributed by atoms with Crippen LogP contribution in [0.15, 0.2) is 30.3 Å². The van der Waals surface area contributed by atoms with Crippen molar-refractivity contribution in [1.29, 1.82) is 0 Å². The molecule has 1 aliphatic heterocycles. The molecule has 0 amide bonds. The molecule has 0 spiro atoms. The lowest BCUT2D eigenvalue weighted by atomic mass is 9.94. The van der Waals surface area contributed by atoms with Crippen LogP contribution in [0, 0.1) is 0 Å². The highest BCUT2D eigenvalue weighted by Crippen LogP contribution is 2.37. The van der Waals surface area contributed by atoms with Gasteiger partial charge in [0.1, 0.15) is 12.7 Å². The number of rotatable bonds is 6. The van der Waals surface area contributed by atoms with Crippen molar-refractivity contribution in [2.24, 2.45) is 0 Å². The van der Waals surface area contributed by atoms with Gasteiger partial charge in [-0.05, 0) is 19.1 Å². The lowest BCUT2D eigenvalue weighted by molar-refractivity contribution is -0.199. The van der Waals surface area contributed by atoms with Crippen LogP contribution in [0.25, 0.3) is 0 Å². The molecule has 0 N–H and O–H groups in total. The van der Waals surface area contributed by atoms with Gasteiger partial charge in [0.15, 0.2) is 5.60 Å². The molecule has 0 radical (unpaired) electrons. The lowest BCUT2D eigenvalue weighted by Crippen LogP contribution is -2.52. The molecule has 0 aliphatic carbocycles. The first kappa shape index (κ1) is 21.4. The molecule has 1 aliphatic rings. The molecule has 1 unspecified atom stereocenters. The fourth-order valence-corrected chi connectivity index (χ4v) is 2.87. The van der Waals surface area contributed by atoms with Gasteiger partial charge in [0, 0.05) is 20.8 Å². The summed E-state index contributed by atoms with van der Waals surface area (Å²) in [7, 11) is 0. The van der Waals surface area contributed by atoms with Gasteiger partial charge in [0.05, 0.1) is 5.56 Å². The van der Waals surface area contributed by atoms with Crippen LogP contribution in [0.5, 0.6) is 0 Å². The average molecular weight is 394 g/mol. The Morgan fingerprint density at radius 3 is 2.11 bits per heavy atom. The number of benzene rings is 1. The molecule has 1 fully saturated rings. The van der Waals surface area contributed by atoms with E-state index in [9.17, 15) is 19.2 Å². The van der Waals surface area contributed by atoms with Crippen molar-refractivity contribution >= 4 is 23.9 Å². The second-order valence-electron chi connectivity index (χ2n) is 6.37. The van der Waals surface area contributed by atoms with Crippen LogP contribution >= 0.6 is 0 Å². The van der Waals surface area contributed by atoms with Crippen LogP contribution in [-0.2, 0) is 38.1 Å². The third kappa shape index (κ3) is 5.07. The van der Waals surface area contributed by atoms with E-state index in [1.165, 1.54) is 13.8 Å². The Hall–Kier alpha value is -2.94. The van der Waals surface area contributed by atoms with Crippen LogP contribution in [0.4, 0.5) is 0 Å². The monoisotopic (exact) mass is 394 g/mol. The first-order chi connectivity index (χ1) is 13.1. The fraction of sp³-hybridized carbons (Fsp3) is 0.474. The van der Waals surface area contributed by atoms with Crippen LogP contribution < -0.4 is 0 Å². The Labute approximate surface area is 161 Å². The Morgan fingerprint density at radius 1 is 0.964 bits per heavy atom. The molecule has 2 rings (SSSR count). The summed E-state index contributed by atoms with van der Waals surface area (Å²) in [6.45, 7) is 4.60. The molecule has 1 aromatic rings. The van der Waals surface area contributed by atoms with Gasteiger partial charge in [-0.2, -0.15) is 0 Å². The highest BCUT2D eigenvalue weighted by Gasteiger charge is 2.60. The molecule has 0 bridgehead atoms. The topological polar surface area (TPSA) is 114 Å². The Bertz CT molecular complexity index is 745. The molecular weight excluding hydrogens is 372 g/mol. The van der Waals surface area contributed by atoms with Crippen molar-refractivity contribution in [3.05, 3.63) is 35.9 Å². The third-order valence-electron chi connectivity index (χ3n) is 4.06. The average Bonchev–Trinajstić information content (AvgIpc) is 2.83. The van der Waals surface area contributed by atoms with E-state index in [2.05, 4.69) is 0 Å². The molecule has 28 heavy (non-hydrogen) atoms. The summed E-state index contributed by atoms with van der Waals surface area (Å²) in [6, 6.07) is 8.26. The number of esters is 4. The van der Waals surface area contributed by atoms with Gasteiger partial charge in [-0.25, -0.2) is 4.79 Å². The molecule has 1 aromatic carbocycles. The Morgan fingerprint density at radius 2 is 1.57 bits per heavy atom. The first-order valence-corrected chi connectivity index (χ1v) is 8.55. The summed E-state index contributed by atoms with van der Waals surface area (Å²) >= 11 is 0. The van der Waals surface area contributed by atoms with Crippen molar-refractivity contribution in [3.8, 4) is 0 Å². The molecule has 1 heterocycles. The number of hydrogen-bond donors (Lipinski definition) is 0. The number of carbonyl (C=O) groups excluding carboxylic acids is 4. The van der Waals surface area contributed by atoms with E-state index in [1.807, 2.05) is 0 Å². The van der Waals surface area contributed by atoms with Crippen molar-refractivity contribution in [1.82, 2.24) is 0 Å². The van der Waals surface area contributed by atoms with Gasteiger partial charge >= 0.3 is 23.9 Å². The predicted octanol–water partition coefficient (Wildman–Crippen LogP) is 1.38. The van der Waals surface area contributed by atoms with E-state index in [-0.39, 0.29) is 6.61 Å². The minimum Gasteiger partial charge on any atom is -0.459 e. The zero-order valence-corrected chi connectivity index (χ0v) is 16.0. The van der Waals surface area contributed by atoms with Gasteiger partial charge in [0.25, 0.3) is 0 Å². The van der Waals surface area contributed by atoms with E-state index < -0.39 is 48.0 Å². The third-order valence-corrected chi connectivity index (χ3v) is 4.06. The maximum Gasteiger partial charge on any atom is 0.338 e. The maximum absolute atomic E-state index is 12.2. The first-order valence-electron chi connectivity index (χ1n) is 8.55. The summed E-state index contributed by atoms with van der Waals surface area (Å²) in [6.07, 6.45) is -3.61. The van der Waals surface area contributed by atoms with E-state index in [0.717, 1.165) is 13.8 Å². The second kappa shape index (κ2) is 8.83. The highest BCUT2D eigenvalue weighted by molar-refractivity contribution is 5.89. The largest absolute Gasteiger partial charge is 0.459 e. The normalized spacial score (nSPS) is 26.2. The molecule has 9 heteroatoms. The van der Waals surface area contributed by atoms with Gasteiger partial charge in [-0.1, -0.05) is 18.2 Å². The summed E-state index contributed by atoms with van der Waals surface area (Å²) < 4.78 is 26.5. The smallest absolute Gasteiger partial charge is 0.338 e. The maximum atomic E-state index is 12.2. The van der Waals surface area contributed by atoms with Crippen molar-refractivity contribution < 1.29 is 42.9 Å². The highest BCUT2D eigenvalue weighted by atomic mass is 16.8. The number of ether oxygens (including phenoxy) is 5. The SMILES string of the molecule is CC(=O)OC1O[C@H](COC(=O)c2ccccc2)[C@](C)(OC(C)=O)[C@H]1OC(C)=O. The Kier molecular flexibility index (Phi) is 6.74. The van der Waals surface area contributed by atoms with Crippen LogP contribution in [0.2, 0.25) is 0 Å². The summed E-state index contributed by atoms with van der Waals surface area (Å²) in [5.74, 6) is -2.67. The van der Waals surface area contributed by atoms with Gasteiger partial charge < -0.3 is 23.7 Å². The van der Waals surface area contributed by atoms with Crippen LogP contribution in [-0.4, -0.2) is 54.6 Å². The van der Waals surface area contributed by atoms with Crippen molar-refractivity contribution in [2.45, 2.75) is 51.8 Å². The summed E-state index contributed by atoms with van der Waals surface area (Å²) in [4.78, 5) is 46.7. The molecule has 152 valence electrons. The molecule has 0 saturated carbocycles. The van der Waals surface area contributed by atoms with Crippen molar-refractivity contribution in [3.63, 3.8) is 0 Å². The molecule has 4 atom stereocenters. The van der Waals surface area contributed by atoms with Crippen LogP contribution in [0.3, 0.4) is 0 Å². The standard InChI is InChI=1S/C19H22O9/c1-11(20)25-16-18(26-12(2)21)27-15(19(16,4)28-13(3)22)10-24-17(23)14-8-6-5-7-9-14/h5-9,15-16,18H,10H2,1-4H3/t15-,16+,18?,19+/m1/s1. The van der Waals surface area contributed by atoms with Crippen LogP contribution in [0.1, 0.15) is 38.1 Å². The molecular formula is C19H22O9. The van der Waals surface area contributed by atoms with E-state index in [0.29, 0.717) is 5.56 Å². The van der Waals surface area contributed by atoms with E-state index in [1.54, 1.807) is 30.3 Å². The minimum atomic E-state index is -1.55. The zero-order chi connectivity index (χ0) is 20.9. The fourth-order valence-electron chi connectivity index (χ4n) is 2.87. The van der Waals surface area contributed by atoms with E-state index >= 15 is 0 Å². The molecule has 0 aromatic heterocycles. The number of carbonyl (C=O) groups is 4. The van der Waals surface area contributed by atoms with Gasteiger partial charge in [-0.3, -0.25) is 14.4 Å². The minimum absolute atomic E-state index is 0.322. The second-order valence-corrected chi connectivity index (χ2v) is 6.37. The van der Waals surface area contributed by atoms with Crippen molar-refractivity contribution in [2.75, 3.05) is 6.61 Å². The lowest BCUT2D eigenvalue weighted by Gasteiger charge is -2.33. The van der Waals surface area contributed by atoms with Gasteiger partial charge in [0.2, 0.25) is 12.4 Å². The Balaban J connectivity index is 2.23. The number of hydrogen-bond acceptors (Lipinski definition) is 9. The summed E-state index contributed by atoms with van der Waals surface area (Å²) in [5, 5.41) is 0.